The molecule has 114 valence electrons. The van der Waals surface area contributed by atoms with Crippen LogP contribution in [0.4, 0.5) is 0 Å². The van der Waals surface area contributed by atoms with E-state index >= 15 is 0 Å². The number of rotatable bonds is 5. The van der Waals surface area contributed by atoms with E-state index in [0.29, 0.717) is 31.8 Å². The summed E-state index contributed by atoms with van der Waals surface area (Å²) in [5, 5.41) is 0. The van der Waals surface area contributed by atoms with Gasteiger partial charge in [-0.05, 0) is 36.5 Å². The molecule has 0 spiro atoms. The fourth-order valence-electron chi connectivity index (χ4n) is 3.03. The van der Waals surface area contributed by atoms with E-state index in [4.69, 9.17) is 9.47 Å². The van der Waals surface area contributed by atoms with E-state index in [1.807, 2.05) is 25.2 Å². The minimum atomic E-state index is -0.110. The molecule has 3 nitrogen and oxygen atoms in total. The first-order valence-electron chi connectivity index (χ1n) is 7.89. The number of Topliss-reactive ketones (excluding diaryl/α,β-unsaturated/α-hetero) is 1. The van der Waals surface area contributed by atoms with Crippen molar-refractivity contribution in [1.82, 2.24) is 0 Å². The molecule has 0 heterocycles. The van der Waals surface area contributed by atoms with Crippen molar-refractivity contribution in [1.29, 1.82) is 0 Å². The Hall–Kier alpha value is -2.21. The SMILES string of the molecule is CCCOC1=CC=C2C3=C(C=C(OCC)C#CC3)C(=O)C2C1. The predicted molar refractivity (Wildman–Crippen MR) is 84.7 cm³/mol. The Labute approximate surface area is 131 Å². The lowest BCUT2D eigenvalue weighted by Crippen LogP contribution is -2.16. The van der Waals surface area contributed by atoms with Gasteiger partial charge in [0.2, 0.25) is 0 Å². The molecule has 0 bridgehead atoms. The van der Waals surface area contributed by atoms with Crippen LogP contribution in [-0.4, -0.2) is 19.0 Å². The smallest absolute Gasteiger partial charge is 0.171 e. The summed E-state index contributed by atoms with van der Waals surface area (Å²) >= 11 is 0. The van der Waals surface area contributed by atoms with Crippen LogP contribution in [0, 0.1) is 17.8 Å². The monoisotopic (exact) mass is 296 g/mol. The molecular weight excluding hydrogens is 276 g/mol. The average molecular weight is 296 g/mol. The van der Waals surface area contributed by atoms with E-state index in [1.54, 1.807) is 0 Å². The molecular formula is C19H20O3. The molecule has 0 aromatic heterocycles. The highest BCUT2D eigenvalue weighted by Crippen LogP contribution is 2.42. The number of ether oxygens (including phenoxy) is 2. The van der Waals surface area contributed by atoms with Crippen molar-refractivity contribution in [2.45, 2.75) is 33.1 Å². The largest absolute Gasteiger partial charge is 0.498 e. The van der Waals surface area contributed by atoms with Gasteiger partial charge >= 0.3 is 0 Å². The maximum Gasteiger partial charge on any atom is 0.171 e. The van der Waals surface area contributed by atoms with E-state index in [2.05, 4.69) is 18.8 Å². The van der Waals surface area contributed by atoms with Gasteiger partial charge in [0.1, 0.15) is 0 Å². The van der Waals surface area contributed by atoms with E-state index in [1.165, 1.54) is 0 Å². The summed E-state index contributed by atoms with van der Waals surface area (Å²) in [4.78, 5) is 12.8. The van der Waals surface area contributed by atoms with Crippen LogP contribution in [0.1, 0.15) is 33.1 Å². The molecule has 0 radical (unpaired) electrons. The van der Waals surface area contributed by atoms with Gasteiger partial charge in [-0.25, -0.2) is 0 Å². The molecule has 1 atom stereocenters. The second-order valence-corrected chi connectivity index (χ2v) is 5.54. The number of carbonyl (C=O) groups excluding carboxylic acids is 1. The third-order valence-corrected chi connectivity index (χ3v) is 4.03. The van der Waals surface area contributed by atoms with Gasteiger partial charge in [-0.15, -0.1) is 0 Å². The van der Waals surface area contributed by atoms with Crippen LogP contribution in [0.3, 0.4) is 0 Å². The third-order valence-electron chi connectivity index (χ3n) is 4.03. The Balaban J connectivity index is 1.90. The normalized spacial score (nSPS) is 22.5. The number of carbonyl (C=O) groups is 1. The molecule has 0 fully saturated rings. The van der Waals surface area contributed by atoms with Gasteiger partial charge in [0.05, 0.1) is 24.9 Å². The molecule has 0 saturated carbocycles. The first kappa shape index (κ1) is 14.7. The molecule has 0 saturated heterocycles. The fraction of sp³-hybridized carbons (Fsp3) is 0.421. The van der Waals surface area contributed by atoms with Crippen molar-refractivity contribution in [2.75, 3.05) is 13.2 Å². The lowest BCUT2D eigenvalue weighted by Gasteiger charge is -2.19. The van der Waals surface area contributed by atoms with E-state index in [9.17, 15) is 4.79 Å². The zero-order valence-corrected chi connectivity index (χ0v) is 13.1. The van der Waals surface area contributed by atoms with Crippen LogP contribution in [-0.2, 0) is 14.3 Å². The van der Waals surface area contributed by atoms with Crippen LogP contribution in [0.2, 0.25) is 0 Å². The summed E-state index contributed by atoms with van der Waals surface area (Å²) in [6.07, 6.45) is 8.07. The maximum atomic E-state index is 12.8. The van der Waals surface area contributed by atoms with Crippen LogP contribution in [0.15, 0.2) is 46.5 Å². The maximum absolute atomic E-state index is 12.8. The Bertz CT molecular complexity index is 677. The van der Waals surface area contributed by atoms with Gasteiger partial charge in [-0.1, -0.05) is 18.9 Å². The highest BCUT2D eigenvalue weighted by molar-refractivity contribution is 6.07. The summed E-state index contributed by atoms with van der Waals surface area (Å²) in [5.74, 6) is 7.65. The Morgan fingerprint density at radius 2 is 2.14 bits per heavy atom. The lowest BCUT2D eigenvalue weighted by molar-refractivity contribution is -0.117. The summed E-state index contributed by atoms with van der Waals surface area (Å²) in [6, 6.07) is 0. The van der Waals surface area contributed by atoms with Crippen molar-refractivity contribution >= 4 is 5.78 Å². The summed E-state index contributed by atoms with van der Waals surface area (Å²) in [6.45, 7) is 5.25. The molecule has 3 rings (SSSR count). The van der Waals surface area contributed by atoms with Gasteiger partial charge in [0, 0.05) is 24.5 Å². The van der Waals surface area contributed by atoms with Gasteiger partial charge in [-0.3, -0.25) is 4.79 Å². The zero-order valence-electron chi connectivity index (χ0n) is 13.1. The molecule has 3 heteroatoms. The van der Waals surface area contributed by atoms with Crippen molar-refractivity contribution in [2.24, 2.45) is 5.92 Å². The van der Waals surface area contributed by atoms with Crippen molar-refractivity contribution in [3.05, 3.63) is 46.5 Å². The Morgan fingerprint density at radius 3 is 2.91 bits per heavy atom. The van der Waals surface area contributed by atoms with Crippen LogP contribution in [0.5, 0.6) is 0 Å². The number of allylic oxidation sites excluding steroid dienone is 8. The number of ketones is 1. The van der Waals surface area contributed by atoms with Crippen LogP contribution >= 0.6 is 0 Å². The van der Waals surface area contributed by atoms with Crippen molar-refractivity contribution < 1.29 is 14.3 Å². The fourth-order valence-corrected chi connectivity index (χ4v) is 3.03. The first-order valence-corrected chi connectivity index (χ1v) is 7.89. The summed E-state index contributed by atoms with van der Waals surface area (Å²) in [7, 11) is 0. The van der Waals surface area contributed by atoms with Crippen molar-refractivity contribution in [3.8, 4) is 11.8 Å². The lowest BCUT2D eigenvalue weighted by atomic mass is 9.88. The van der Waals surface area contributed by atoms with E-state index in [0.717, 1.165) is 28.9 Å². The van der Waals surface area contributed by atoms with E-state index in [-0.39, 0.29) is 11.7 Å². The molecule has 1 unspecified atom stereocenters. The molecule has 3 aliphatic carbocycles. The Morgan fingerprint density at radius 1 is 1.27 bits per heavy atom. The molecule has 0 amide bonds. The van der Waals surface area contributed by atoms with Crippen LogP contribution < -0.4 is 0 Å². The molecule has 0 aliphatic heterocycles. The first-order chi connectivity index (χ1) is 10.7. The predicted octanol–water partition coefficient (Wildman–Crippen LogP) is 3.45. The molecule has 3 aliphatic rings. The van der Waals surface area contributed by atoms with Crippen LogP contribution in [0.25, 0.3) is 0 Å². The van der Waals surface area contributed by atoms with Gasteiger partial charge < -0.3 is 9.47 Å². The van der Waals surface area contributed by atoms with Crippen molar-refractivity contribution in [3.63, 3.8) is 0 Å². The minimum absolute atomic E-state index is 0.110. The zero-order chi connectivity index (χ0) is 15.5. The standard InChI is InChI=1S/C19H20O3/c1-3-10-22-14-8-9-16-15-7-5-6-13(21-4-2)11-17(15)19(20)18(16)12-14/h8-9,11,18H,3-4,7,10,12H2,1-2H3. The summed E-state index contributed by atoms with van der Waals surface area (Å²) in [5.41, 5.74) is 2.91. The molecule has 0 N–H and O–H groups in total. The second kappa shape index (κ2) is 6.27. The number of fused-ring (bicyclic) bond motifs is 2. The average Bonchev–Trinajstić information content (AvgIpc) is 2.68. The van der Waals surface area contributed by atoms with Gasteiger partial charge in [0.25, 0.3) is 0 Å². The molecule has 0 aromatic rings. The quantitative estimate of drug-likeness (QED) is 0.729. The minimum Gasteiger partial charge on any atom is -0.498 e. The molecule has 0 aromatic carbocycles. The Kier molecular flexibility index (Phi) is 4.20. The molecule has 22 heavy (non-hydrogen) atoms. The van der Waals surface area contributed by atoms with Gasteiger partial charge in [0.15, 0.2) is 11.5 Å². The van der Waals surface area contributed by atoms with E-state index < -0.39 is 0 Å². The topological polar surface area (TPSA) is 35.5 Å². The van der Waals surface area contributed by atoms with Gasteiger partial charge in [-0.2, -0.15) is 0 Å². The second-order valence-electron chi connectivity index (χ2n) is 5.54. The summed E-state index contributed by atoms with van der Waals surface area (Å²) < 4.78 is 11.2. The third kappa shape index (κ3) is 2.62. The number of hydrogen-bond acceptors (Lipinski definition) is 3. The highest BCUT2D eigenvalue weighted by atomic mass is 16.5. The highest BCUT2D eigenvalue weighted by Gasteiger charge is 2.38. The number of hydrogen-bond donors (Lipinski definition) is 0.